The molecule has 0 aliphatic carbocycles. The third-order valence-corrected chi connectivity index (χ3v) is 2.23. The van der Waals surface area contributed by atoms with Crippen LogP contribution in [0.2, 0.25) is 5.02 Å². The molecule has 0 aliphatic heterocycles. The molecule has 0 aromatic heterocycles. The number of rotatable bonds is 2. The monoisotopic (exact) mass is 199 g/mol. The van der Waals surface area contributed by atoms with E-state index < -0.39 is 12.0 Å². The zero-order valence-electron chi connectivity index (χ0n) is 7.12. The molecule has 1 aromatic rings. The number of aryl methyl sites for hydroxylation is 1. The lowest BCUT2D eigenvalue weighted by atomic mass is 10.1. The Bertz CT molecular complexity index is 338. The molecule has 0 bridgehead atoms. The molecular weight excluding hydrogens is 190 g/mol. The van der Waals surface area contributed by atoms with Crippen molar-refractivity contribution in [3.63, 3.8) is 0 Å². The highest BCUT2D eigenvalue weighted by molar-refractivity contribution is 6.31. The first-order valence-corrected chi connectivity index (χ1v) is 4.14. The molecule has 0 amide bonds. The van der Waals surface area contributed by atoms with Gasteiger partial charge < -0.3 is 10.8 Å². The average molecular weight is 200 g/mol. The third-order valence-electron chi connectivity index (χ3n) is 1.81. The van der Waals surface area contributed by atoms with E-state index in [2.05, 4.69) is 0 Å². The minimum atomic E-state index is -1.04. The molecule has 0 fully saturated rings. The van der Waals surface area contributed by atoms with Crippen LogP contribution in [0, 0.1) is 6.92 Å². The number of carboxylic acid groups (broad SMARTS) is 1. The summed E-state index contributed by atoms with van der Waals surface area (Å²) in [6, 6.07) is 3.97. The fraction of sp³-hybridized carbons (Fsp3) is 0.222. The van der Waals surface area contributed by atoms with Gasteiger partial charge in [0.05, 0.1) is 0 Å². The van der Waals surface area contributed by atoms with Gasteiger partial charge in [0, 0.05) is 5.02 Å². The molecule has 0 spiro atoms. The molecular formula is C9H10ClNO2. The third kappa shape index (κ3) is 2.20. The van der Waals surface area contributed by atoms with Crippen molar-refractivity contribution < 1.29 is 9.90 Å². The minimum absolute atomic E-state index is 0.564. The predicted molar refractivity (Wildman–Crippen MR) is 50.8 cm³/mol. The van der Waals surface area contributed by atoms with E-state index in [4.69, 9.17) is 22.4 Å². The van der Waals surface area contributed by atoms with Crippen molar-refractivity contribution >= 4 is 17.6 Å². The highest BCUT2D eigenvalue weighted by atomic mass is 35.5. The molecule has 4 heteroatoms. The van der Waals surface area contributed by atoms with E-state index in [1.807, 2.05) is 0 Å². The van der Waals surface area contributed by atoms with Crippen molar-refractivity contribution in [2.24, 2.45) is 5.73 Å². The highest BCUT2D eigenvalue weighted by Gasteiger charge is 2.14. The van der Waals surface area contributed by atoms with E-state index >= 15 is 0 Å². The smallest absolute Gasteiger partial charge is 0.325 e. The summed E-state index contributed by atoms with van der Waals surface area (Å²) in [5, 5.41) is 9.25. The van der Waals surface area contributed by atoms with Gasteiger partial charge in [0.25, 0.3) is 0 Å². The van der Waals surface area contributed by atoms with Gasteiger partial charge in [0.15, 0.2) is 0 Å². The summed E-state index contributed by atoms with van der Waals surface area (Å²) in [7, 11) is 0. The fourth-order valence-electron chi connectivity index (χ4n) is 1.00. The number of carbonyl (C=O) groups is 1. The molecule has 1 atom stereocenters. The maximum atomic E-state index is 10.5. The molecule has 0 radical (unpaired) electrons. The first-order valence-electron chi connectivity index (χ1n) is 3.77. The Hall–Kier alpha value is -1.06. The molecule has 3 N–H and O–H groups in total. The Morgan fingerprint density at radius 2 is 2.23 bits per heavy atom. The van der Waals surface area contributed by atoms with E-state index in [1.54, 1.807) is 25.1 Å². The number of carboxylic acids is 1. The number of benzene rings is 1. The number of aliphatic carboxylic acids is 1. The van der Waals surface area contributed by atoms with Gasteiger partial charge in [-0.3, -0.25) is 4.79 Å². The standard InChI is InChI=1S/C9H10ClNO2/c1-5-4-6(2-3-7(5)10)8(11)9(12)13/h2-4,8H,11H2,1H3,(H,12,13). The maximum absolute atomic E-state index is 10.5. The van der Waals surface area contributed by atoms with Crippen LogP contribution in [0.1, 0.15) is 17.2 Å². The lowest BCUT2D eigenvalue weighted by molar-refractivity contribution is -0.138. The number of nitrogens with two attached hydrogens (primary N) is 1. The summed E-state index contributed by atoms with van der Waals surface area (Å²) in [5.41, 5.74) is 6.81. The Balaban J connectivity index is 3.03. The van der Waals surface area contributed by atoms with Crippen molar-refractivity contribution in [1.29, 1.82) is 0 Å². The second-order valence-electron chi connectivity index (χ2n) is 2.82. The van der Waals surface area contributed by atoms with Crippen LogP contribution in [0.4, 0.5) is 0 Å². The largest absolute Gasteiger partial charge is 0.480 e. The van der Waals surface area contributed by atoms with Gasteiger partial charge in [0.1, 0.15) is 6.04 Å². The fourth-order valence-corrected chi connectivity index (χ4v) is 1.12. The summed E-state index contributed by atoms with van der Waals surface area (Å²) in [6.45, 7) is 1.81. The van der Waals surface area contributed by atoms with Crippen LogP contribution in [-0.2, 0) is 4.79 Å². The van der Waals surface area contributed by atoms with Gasteiger partial charge in [-0.15, -0.1) is 0 Å². The van der Waals surface area contributed by atoms with E-state index in [-0.39, 0.29) is 0 Å². The van der Waals surface area contributed by atoms with Gasteiger partial charge in [-0.05, 0) is 24.1 Å². The first-order chi connectivity index (χ1) is 6.02. The molecule has 13 heavy (non-hydrogen) atoms. The topological polar surface area (TPSA) is 63.3 Å². The molecule has 0 aliphatic rings. The van der Waals surface area contributed by atoms with Crippen LogP contribution in [0.15, 0.2) is 18.2 Å². The zero-order chi connectivity index (χ0) is 10.0. The summed E-state index contributed by atoms with van der Waals surface area (Å²) in [5.74, 6) is -1.04. The minimum Gasteiger partial charge on any atom is -0.480 e. The van der Waals surface area contributed by atoms with E-state index in [9.17, 15) is 4.79 Å². The van der Waals surface area contributed by atoms with Crippen molar-refractivity contribution in [2.45, 2.75) is 13.0 Å². The Labute approximate surface area is 81.1 Å². The molecule has 1 aromatic carbocycles. The van der Waals surface area contributed by atoms with Crippen LogP contribution in [-0.4, -0.2) is 11.1 Å². The van der Waals surface area contributed by atoms with Crippen molar-refractivity contribution in [2.75, 3.05) is 0 Å². The maximum Gasteiger partial charge on any atom is 0.325 e. The quantitative estimate of drug-likeness (QED) is 0.763. The average Bonchev–Trinajstić information content (AvgIpc) is 2.08. The van der Waals surface area contributed by atoms with E-state index in [0.29, 0.717) is 10.6 Å². The van der Waals surface area contributed by atoms with E-state index in [0.717, 1.165) is 5.56 Å². The first kappa shape index (κ1) is 10.0. The van der Waals surface area contributed by atoms with Crippen molar-refractivity contribution in [3.8, 4) is 0 Å². The van der Waals surface area contributed by atoms with Crippen LogP contribution >= 0.6 is 11.6 Å². The Morgan fingerprint density at radius 1 is 1.62 bits per heavy atom. The Morgan fingerprint density at radius 3 is 2.69 bits per heavy atom. The number of halogens is 1. The normalized spacial score (nSPS) is 12.5. The van der Waals surface area contributed by atoms with Crippen LogP contribution in [0.25, 0.3) is 0 Å². The summed E-state index contributed by atoms with van der Waals surface area (Å²) in [4.78, 5) is 10.5. The lowest BCUT2D eigenvalue weighted by Crippen LogP contribution is -2.20. The molecule has 1 rings (SSSR count). The molecule has 3 nitrogen and oxygen atoms in total. The summed E-state index contributed by atoms with van der Waals surface area (Å²) < 4.78 is 0. The van der Waals surface area contributed by atoms with Gasteiger partial charge >= 0.3 is 5.97 Å². The van der Waals surface area contributed by atoms with Gasteiger partial charge in [-0.1, -0.05) is 23.7 Å². The van der Waals surface area contributed by atoms with Crippen LogP contribution in [0.3, 0.4) is 0 Å². The van der Waals surface area contributed by atoms with Crippen LogP contribution in [0.5, 0.6) is 0 Å². The van der Waals surface area contributed by atoms with E-state index in [1.165, 1.54) is 0 Å². The van der Waals surface area contributed by atoms with Gasteiger partial charge in [0.2, 0.25) is 0 Å². The van der Waals surface area contributed by atoms with Gasteiger partial charge in [-0.25, -0.2) is 0 Å². The number of hydrogen-bond acceptors (Lipinski definition) is 2. The molecule has 70 valence electrons. The number of hydrogen-bond donors (Lipinski definition) is 2. The van der Waals surface area contributed by atoms with Crippen molar-refractivity contribution in [3.05, 3.63) is 34.3 Å². The van der Waals surface area contributed by atoms with Crippen molar-refractivity contribution in [1.82, 2.24) is 0 Å². The molecule has 0 heterocycles. The molecule has 0 saturated heterocycles. The molecule has 1 unspecified atom stereocenters. The van der Waals surface area contributed by atoms with Gasteiger partial charge in [-0.2, -0.15) is 0 Å². The second kappa shape index (κ2) is 3.77. The highest BCUT2D eigenvalue weighted by Crippen LogP contribution is 2.19. The molecule has 0 saturated carbocycles. The lowest BCUT2D eigenvalue weighted by Gasteiger charge is -2.07. The summed E-state index contributed by atoms with van der Waals surface area (Å²) in [6.07, 6.45) is 0. The summed E-state index contributed by atoms with van der Waals surface area (Å²) >= 11 is 5.78. The zero-order valence-corrected chi connectivity index (χ0v) is 7.88. The Kier molecular flexibility index (Phi) is 2.90. The SMILES string of the molecule is Cc1cc(C(N)C(=O)O)ccc1Cl. The second-order valence-corrected chi connectivity index (χ2v) is 3.23. The van der Waals surface area contributed by atoms with Crippen LogP contribution < -0.4 is 5.73 Å². The predicted octanol–water partition coefficient (Wildman–Crippen LogP) is 1.73.